The standard InChI is InChI=1S/C18H18N2O2S/c21-18(17-14-6-1-3-7-15(14)22-20-17)19-10-9-12-11-23-16-8-4-2-5-13(12)16/h2,4-5,8,11H,1,3,6-7,9-10H2,(H,19,21). The summed E-state index contributed by atoms with van der Waals surface area (Å²) in [6.45, 7) is 0.612. The molecule has 3 aromatic rings. The Hall–Kier alpha value is -2.14. The predicted molar refractivity (Wildman–Crippen MR) is 91.0 cm³/mol. The SMILES string of the molecule is O=C(NCCc1csc2ccccc12)c1noc2c1CCCC2. The number of amides is 1. The lowest BCUT2D eigenvalue weighted by molar-refractivity contribution is 0.0944. The zero-order valence-electron chi connectivity index (χ0n) is 12.8. The molecule has 1 amide bonds. The number of aromatic nitrogens is 1. The van der Waals surface area contributed by atoms with Gasteiger partial charge in [-0.1, -0.05) is 23.4 Å². The summed E-state index contributed by atoms with van der Waals surface area (Å²) in [5, 5.41) is 10.4. The zero-order chi connectivity index (χ0) is 15.6. The number of rotatable bonds is 4. The van der Waals surface area contributed by atoms with Crippen molar-refractivity contribution in [3.63, 3.8) is 0 Å². The van der Waals surface area contributed by atoms with E-state index in [-0.39, 0.29) is 5.91 Å². The van der Waals surface area contributed by atoms with E-state index in [1.54, 1.807) is 11.3 Å². The fourth-order valence-corrected chi connectivity index (χ4v) is 4.18. The number of hydrogen-bond acceptors (Lipinski definition) is 4. The second-order valence-corrected chi connectivity index (χ2v) is 6.81. The molecular formula is C18H18N2O2S. The number of carbonyl (C=O) groups excluding carboxylic acids is 1. The van der Waals surface area contributed by atoms with Gasteiger partial charge >= 0.3 is 0 Å². The van der Waals surface area contributed by atoms with Crippen molar-refractivity contribution < 1.29 is 9.32 Å². The minimum Gasteiger partial charge on any atom is -0.360 e. The number of thiophene rings is 1. The highest BCUT2D eigenvalue weighted by Crippen LogP contribution is 2.26. The fourth-order valence-electron chi connectivity index (χ4n) is 3.18. The molecule has 4 nitrogen and oxygen atoms in total. The van der Waals surface area contributed by atoms with Gasteiger partial charge in [0.2, 0.25) is 0 Å². The van der Waals surface area contributed by atoms with Crippen LogP contribution in [0, 0.1) is 0 Å². The normalized spacial score (nSPS) is 13.9. The third-order valence-corrected chi connectivity index (χ3v) is 5.42. The first-order chi connectivity index (χ1) is 11.3. The van der Waals surface area contributed by atoms with Crippen molar-refractivity contribution in [1.82, 2.24) is 10.5 Å². The maximum absolute atomic E-state index is 12.3. The molecule has 1 aliphatic rings. The molecule has 0 fully saturated rings. The first-order valence-electron chi connectivity index (χ1n) is 8.03. The molecule has 0 spiro atoms. The van der Waals surface area contributed by atoms with E-state index in [1.807, 2.05) is 0 Å². The van der Waals surface area contributed by atoms with E-state index in [4.69, 9.17) is 4.52 Å². The molecule has 2 heterocycles. The van der Waals surface area contributed by atoms with E-state index in [2.05, 4.69) is 40.1 Å². The van der Waals surface area contributed by atoms with E-state index in [0.29, 0.717) is 12.2 Å². The molecule has 1 aromatic carbocycles. The summed E-state index contributed by atoms with van der Waals surface area (Å²) in [5.74, 6) is 0.779. The van der Waals surface area contributed by atoms with E-state index in [1.165, 1.54) is 15.6 Å². The Kier molecular flexibility index (Phi) is 3.87. The summed E-state index contributed by atoms with van der Waals surface area (Å²) in [4.78, 5) is 12.3. The van der Waals surface area contributed by atoms with Gasteiger partial charge in [0.15, 0.2) is 5.69 Å². The van der Waals surface area contributed by atoms with Crippen molar-refractivity contribution >= 4 is 27.3 Å². The quantitative estimate of drug-likeness (QED) is 0.794. The smallest absolute Gasteiger partial charge is 0.273 e. The van der Waals surface area contributed by atoms with Crippen LogP contribution in [0.2, 0.25) is 0 Å². The van der Waals surface area contributed by atoms with Crippen LogP contribution in [0.5, 0.6) is 0 Å². The number of aryl methyl sites for hydroxylation is 1. The Labute approximate surface area is 138 Å². The lowest BCUT2D eigenvalue weighted by Gasteiger charge is -2.09. The van der Waals surface area contributed by atoms with Gasteiger partial charge in [0.1, 0.15) is 5.76 Å². The highest BCUT2D eigenvalue weighted by molar-refractivity contribution is 7.17. The molecule has 118 valence electrons. The highest BCUT2D eigenvalue weighted by atomic mass is 32.1. The second-order valence-electron chi connectivity index (χ2n) is 5.90. The number of fused-ring (bicyclic) bond motifs is 2. The molecule has 1 aliphatic carbocycles. The maximum atomic E-state index is 12.3. The summed E-state index contributed by atoms with van der Waals surface area (Å²) in [5.41, 5.74) is 2.78. The van der Waals surface area contributed by atoms with Crippen molar-refractivity contribution in [3.05, 3.63) is 52.2 Å². The van der Waals surface area contributed by atoms with Gasteiger partial charge in [-0.2, -0.15) is 0 Å². The minimum atomic E-state index is -0.114. The van der Waals surface area contributed by atoms with Gasteiger partial charge in [-0.25, -0.2) is 0 Å². The predicted octanol–water partition coefficient (Wildman–Crippen LogP) is 3.74. The first-order valence-corrected chi connectivity index (χ1v) is 8.91. The van der Waals surface area contributed by atoms with Crippen LogP contribution < -0.4 is 5.32 Å². The van der Waals surface area contributed by atoms with Gasteiger partial charge in [0, 0.05) is 23.2 Å². The van der Waals surface area contributed by atoms with Gasteiger partial charge < -0.3 is 9.84 Å². The van der Waals surface area contributed by atoms with Crippen LogP contribution in [0.4, 0.5) is 0 Å². The summed E-state index contributed by atoms with van der Waals surface area (Å²) in [7, 11) is 0. The Bertz CT molecular complexity index is 850. The molecule has 5 heteroatoms. The topological polar surface area (TPSA) is 55.1 Å². The summed E-state index contributed by atoms with van der Waals surface area (Å²) in [6.07, 6.45) is 4.85. The molecule has 0 radical (unpaired) electrons. The third kappa shape index (κ3) is 2.77. The van der Waals surface area contributed by atoms with E-state index in [0.717, 1.165) is 43.4 Å². The molecule has 0 unspecified atom stereocenters. The molecular weight excluding hydrogens is 308 g/mol. The average molecular weight is 326 g/mol. The number of nitrogens with one attached hydrogen (secondary N) is 1. The van der Waals surface area contributed by atoms with E-state index >= 15 is 0 Å². The molecule has 23 heavy (non-hydrogen) atoms. The summed E-state index contributed by atoms with van der Waals surface area (Å²) < 4.78 is 6.60. The third-order valence-electron chi connectivity index (χ3n) is 4.41. The van der Waals surface area contributed by atoms with E-state index in [9.17, 15) is 4.79 Å². The number of hydrogen-bond donors (Lipinski definition) is 1. The van der Waals surface area contributed by atoms with Crippen LogP contribution in [0.1, 0.15) is 40.2 Å². The summed E-state index contributed by atoms with van der Waals surface area (Å²) in [6, 6.07) is 8.37. The molecule has 0 atom stereocenters. The van der Waals surface area contributed by atoms with Gasteiger partial charge in [0.05, 0.1) is 0 Å². The van der Waals surface area contributed by atoms with Crippen molar-refractivity contribution in [2.45, 2.75) is 32.1 Å². The van der Waals surface area contributed by atoms with Crippen LogP contribution in [0.25, 0.3) is 10.1 Å². The maximum Gasteiger partial charge on any atom is 0.273 e. The molecule has 2 aromatic heterocycles. The zero-order valence-corrected chi connectivity index (χ0v) is 13.6. The highest BCUT2D eigenvalue weighted by Gasteiger charge is 2.23. The number of carbonyl (C=O) groups is 1. The average Bonchev–Trinajstić information content (AvgIpc) is 3.19. The largest absolute Gasteiger partial charge is 0.360 e. The summed E-state index contributed by atoms with van der Waals surface area (Å²) >= 11 is 1.75. The van der Waals surface area contributed by atoms with Crippen molar-refractivity contribution in [3.8, 4) is 0 Å². The molecule has 0 saturated carbocycles. The molecule has 4 rings (SSSR count). The second kappa shape index (κ2) is 6.16. The van der Waals surface area contributed by atoms with Crippen LogP contribution >= 0.6 is 11.3 Å². The van der Waals surface area contributed by atoms with Gasteiger partial charge in [-0.3, -0.25) is 4.79 Å². The Morgan fingerprint density at radius 3 is 3.09 bits per heavy atom. The first kappa shape index (κ1) is 14.5. The lowest BCUT2D eigenvalue weighted by Crippen LogP contribution is -2.27. The molecule has 0 saturated heterocycles. The minimum absolute atomic E-state index is 0.114. The van der Waals surface area contributed by atoms with E-state index < -0.39 is 0 Å². The Balaban J connectivity index is 1.41. The van der Waals surface area contributed by atoms with Crippen LogP contribution in [0.3, 0.4) is 0 Å². The lowest BCUT2D eigenvalue weighted by atomic mass is 9.96. The van der Waals surface area contributed by atoms with Crippen molar-refractivity contribution in [2.75, 3.05) is 6.54 Å². The Morgan fingerprint density at radius 2 is 2.13 bits per heavy atom. The molecule has 0 aliphatic heterocycles. The number of nitrogens with zero attached hydrogens (tertiary/aromatic N) is 1. The van der Waals surface area contributed by atoms with Crippen molar-refractivity contribution in [1.29, 1.82) is 0 Å². The number of benzene rings is 1. The van der Waals surface area contributed by atoms with Crippen LogP contribution in [-0.4, -0.2) is 17.6 Å². The monoisotopic (exact) mass is 326 g/mol. The molecule has 1 N–H and O–H groups in total. The van der Waals surface area contributed by atoms with Gasteiger partial charge in [-0.05, 0) is 48.1 Å². The van der Waals surface area contributed by atoms with Crippen LogP contribution in [-0.2, 0) is 19.3 Å². The fraction of sp³-hybridized carbons (Fsp3) is 0.333. The van der Waals surface area contributed by atoms with Crippen LogP contribution in [0.15, 0.2) is 34.2 Å². The Morgan fingerprint density at radius 1 is 1.26 bits per heavy atom. The van der Waals surface area contributed by atoms with Gasteiger partial charge in [-0.15, -0.1) is 11.3 Å². The van der Waals surface area contributed by atoms with Gasteiger partial charge in [0.25, 0.3) is 5.91 Å². The van der Waals surface area contributed by atoms with Crippen molar-refractivity contribution in [2.24, 2.45) is 0 Å². The molecule has 0 bridgehead atoms.